The van der Waals surface area contributed by atoms with Crippen molar-refractivity contribution in [3.8, 4) is 0 Å². The predicted molar refractivity (Wildman–Crippen MR) is 123 cm³/mol. The molecule has 10 heteroatoms. The number of nitrogens with zero attached hydrogens (tertiary/aromatic N) is 4. The van der Waals surface area contributed by atoms with Gasteiger partial charge in [0.2, 0.25) is 17.8 Å². The fraction of sp³-hybridized carbons (Fsp3) is 0.238. The molecule has 2 amide bonds. The van der Waals surface area contributed by atoms with Crippen LogP contribution >= 0.6 is 11.6 Å². The minimum atomic E-state index is -0.458. The van der Waals surface area contributed by atoms with E-state index < -0.39 is 6.03 Å². The number of halogens is 1. The molecule has 1 saturated heterocycles. The number of carbonyl (C=O) groups excluding carboxylic acids is 1. The molecule has 3 aromatic rings. The Morgan fingerprint density at radius 2 is 1.55 bits per heavy atom. The molecule has 0 radical (unpaired) electrons. The molecule has 0 atom stereocenters. The van der Waals surface area contributed by atoms with Gasteiger partial charge < -0.3 is 15.5 Å². The minimum Gasteiger partial charge on any atom is -0.341 e. The molecule has 4 rings (SSSR count). The van der Waals surface area contributed by atoms with Gasteiger partial charge in [-0.05, 0) is 55.7 Å². The molecular weight excluding hydrogens is 416 g/mol. The fourth-order valence-electron chi connectivity index (χ4n) is 3.17. The Kier molecular flexibility index (Phi) is 6.63. The van der Waals surface area contributed by atoms with E-state index in [4.69, 9.17) is 11.6 Å². The van der Waals surface area contributed by atoms with Crippen LogP contribution in [-0.4, -0.2) is 34.1 Å². The van der Waals surface area contributed by atoms with Crippen LogP contribution in [0, 0.1) is 0 Å². The number of para-hydroxylation sites is 1. The van der Waals surface area contributed by atoms with E-state index in [-0.39, 0.29) is 5.95 Å². The summed E-state index contributed by atoms with van der Waals surface area (Å²) in [5, 5.41) is 6.49. The molecule has 9 nitrogen and oxygen atoms in total. The Morgan fingerprint density at radius 3 is 2.29 bits per heavy atom. The number of hydrazine groups is 1. The lowest BCUT2D eigenvalue weighted by Gasteiger charge is -2.27. The van der Waals surface area contributed by atoms with Gasteiger partial charge in [-0.25, -0.2) is 10.2 Å². The number of rotatable bonds is 6. The van der Waals surface area contributed by atoms with E-state index in [1.807, 2.05) is 30.3 Å². The topological polar surface area (TPSA) is 107 Å². The average molecular weight is 439 g/mol. The van der Waals surface area contributed by atoms with Gasteiger partial charge >= 0.3 is 6.03 Å². The molecule has 1 aliphatic rings. The van der Waals surface area contributed by atoms with Crippen LogP contribution in [0.5, 0.6) is 0 Å². The molecule has 0 spiro atoms. The highest BCUT2D eigenvalue weighted by Gasteiger charge is 2.17. The molecule has 0 saturated carbocycles. The summed E-state index contributed by atoms with van der Waals surface area (Å²) in [5.41, 5.74) is 6.79. The predicted octanol–water partition coefficient (Wildman–Crippen LogP) is 4.41. The maximum Gasteiger partial charge on any atom is 0.337 e. The zero-order valence-corrected chi connectivity index (χ0v) is 17.6. The number of anilines is 5. The SMILES string of the molecule is O=C(NNc1nc(Nc2ccccc2)nc(N2CCCCC2)n1)Nc1ccc(Cl)cc1. The van der Waals surface area contributed by atoms with E-state index in [2.05, 4.69) is 41.3 Å². The third-order valence-corrected chi connectivity index (χ3v) is 4.93. The first-order valence-corrected chi connectivity index (χ1v) is 10.5. The van der Waals surface area contributed by atoms with Gasteiger partial charge in [0.25, 0.3) is 0 Å². The molecule has 31 heavy (non-hydrogen) atoms. The van der Waals surface area contributed by atoms with Gasteiger partial charge in [-0.2, -0.15) is 15.0 Å². The lowest BCUT2D eigenvalue weighted by Crippen LogP contribution is -2.35. The fourth-order valence-corrected chi connectivity index (χ4v) is 3.30. The number of piperidine rings is 1. The second-order valence-electron chi connectivity index (χ2n) is 7.03. The van der Waals surface area contributed by atoms with E-state index in [1.165, 1.54) is 6.42 Å². The van der Waals surface area contributed by atoms with Crippen molar-refractivity contribution in [2.24, 2.45) is 0 Å². The summed E-state index contributed by atoms with van der Waals surface area (Å²) < 4.78 is 0. The molecular formula is C21H23ClN8O. The number of amides is 2. The van der Waals surface area contributed by atoms with Crippen molar-refractivity contribution in [1.82, 2.24) is 20.4 Å². The largest absolute Gasteiger partial charge is 0.341 e. The van der Waals surface area contributed by atoms with Gasteiger partial charge in [0, 0.05) is 29.5 Å². The van der Waals surface area contributed by atoms with E-state index in [0.717, 1.165) is 31.6 Å². The normalized spacial score (nSPS) is 13.4. The molecule has 0 bridgehead atoms. The molecule has 4 N–H and O–H groups in total. The Morgan fingerprint density at radius 1 is 0.839 bits per heavy atom. The van der Waals surface area contributed by atoms with Crippen molar-refractivity contribution in [3.05, 3.63) is 59.6 Å². The molecule has 1 aromatic heterocycles. The Hall–Kier alpha value is -3.59. The Labute approximate surface area is 185 Å². The van der Waals surface area contributed by atoms with Crippen LogP contribution in [0.15, 0.2) is 54.6 Å². The van der Waals surface area contributed by atoms with Gasteiger partial charge in [0.05, 0.1) is 0 Å². The Bertz CT molecular complexity index is 1010. The van der Waals surface area contributed by atoms with Crippen molar-refractivity contribution in [1.29, 1.82) is 0 Å². The number of benzene rings is 2. The van der Waals surface area contributed by atoms with Crippen LogP contribution < -0.4 is 26.4 Å². The van der Waals surface area contributed by atoms with Gasteiger partial charge in [-0.15, -0.1) is 0 Å². The van der Waals surface area contributed by atoms with Crippen LogP contribution in [0.2, 0.25) is 5.02 Å². The summed E-state index contributed by atoms with van der Waals surface area (Å²) in [4.78, 5) is 27.8. The van der Waals surface area contributed by atoms with Crippen LogP contribution in [0.4, 0.5) is 34.0 Å². The van der Waals surface area contributed by atoms with E-state index in [0.29, 0.717) is 22.6 Å². The van der Waals surface area contributed by atoms with Crippen LogP contribution in [-0.2, 0) is 0 Å². The zero-order chi connectivity index (χ0) is 21.5. The van der Waals surface area contributed by atoms with Crippen LogP contribution in [0.25, 0.3) is 0 Å². The number of urea groups is 1. The number of hydrogen-bond donors (Lipinski definition) is 4. The summed E-state index contributed by atoms with van der Waals surface area (Å²) >= 11 is 5.87. The number of aromatic nitrogens is 3. The lowest BCUT2D eigenvalue weighted by molar-refractivity contribution is 0.253. The molecule has 2 heterocycles. The maximum absolute atomic E-state index is 12.2. The van der Waals surface area contributed by atoms with Crippen molar-refractivity contribution in [2.45, 2.75) is 19.3 Å². The molecule has 2 aromatic carbocycles. The van der Waals surface area contributed by atoms with Crippen molar-refractivity contribution < 1.29 is 4.79 Å². The highest BCUT2D eigenvalue weighted by atomic mass is 35.5. The highest BCUT2D eigenvalue weighted by molar-refractivity contribution is 6.30. The Balaban J connectivity index is 1.47. The van der Waals surface area contributed by atoms with Crippen molar-refractivity contribution >= 4 is 46.9 Å². The lowest BCUT2D eigenvalue weighted by atomic mass is 10.1. The number of nitrogens with one attached hydrogen (secondary N) is 4. The van der Waals surface area contributed by atoms with Gasteiger partial charge in [-0.3, -0.25) is 5.43 Å². The first kappa shape index (κ1) is 20.7. The first-order valence-electron chi connectivity index (χ1n) is 10.1. The summed E-state index contributed by atoms with van der Waals surface area (Å²) in [6, 6.07) is 16.0. The highest BCUT2D eigenvalue weighted by Crippen LogP contribution is 2.20. The monoisotopic (exact) mass is 438 g/mol. The van der Waals surface area contributed by atoms with E-state index in [1.54, 1.807) is 24.3 Å². The molecule has 1 fully saturated rings. The number of hydrogen-bond acceptors (Lipinski definition) is 7. The maximum atomic E-state index is 12.2. The summed E-state index contributed by atoms with van der Waals surface area (Å²) in [6.07, 6.45) is 3.39. The van der Waals surface area contributed by atoms with Crippen LogP contribution in [0.1, 0.15) is 19.3 Å². The minimum absolute atomic E-state index is 0.236. The second kappa shape index (κ2) is 9.94. The van der Waals surface area contributed by atoms with Gasteiger partial charge in [0.1, 0.15) is 0 Å². The third kappa shape index (κ3) is 5.95. The summed E-state index contributed by atoms with van der Waals surface area (Å²) in [5.74, 6) is 1.19. The molecule has 0 aliphatic carbocycles. The number of carbonyl (C=O) groups is 1. The summed E-state index contributed by atoms with van der Waals surface area (Å²) in [6.45, 7) is 1.78. The average Bonchev–Trinajstić information content (AvgIpc) is 2.80. The third-order valence-electron chi connectivity index (χ3n) is 4.68. The van der Waals surface area contributed by atoms with Gasteiger partial charge in [0.15, 0.2) is 0 Å². The standard InChI is InChI=1S/C21H23ClN8O/c22-15-9-11-17(12-10-15)24-21(31)29-28-19-25-18(23-16-7-3-1-4-8-16)26-20(27-19)30-13-5-2-6-14-30/h1,3-4,7-12H,2,5-6,13-14H2,(H2,24,29,31)(H2,23,25,26,27,28). The van der Waals surface area contributed by atoms with Crippen LogP contribution in [0.3, 0.4) is 0 Å². The molecule has 0 unspecified atom stereocenters. The van der Waals surface area contributed by atoms with Gasteiger partial charge in [-0.1, -0.05) is 29.8 Å². The second-order valence-corrected chi connectivity index (χ2v) is 7.47. The zero-order valence-electron chi connectivity index (χ0n) is 16.8. The van der Waals surface area contributed by atoms with E-state index in [9.17, 15) is 4.79 Å². The van der Waals surface area contributed by atoms with Crippen molar-refractivity contribution in [2.75, 3.05) is 34.0 Å². The first-order chi connectivity index (χ1) is 15.2. The van der Waals surface area contributed by atoms with Crippen molar-refractivity contribution in [3.63, 3.8) is 0 Å². The quantitative estimate of drug-likeness (QED) is 0.422. The molecule has 1 aliphatic heterocycles. The smallest absolute Gasteiger partial charge is 0.337 e. The summed E-state index contributed by atoms with van der Waals surface area (Å²) in [7, 11) is 0. The van der Waals surface area contributed by atoms with E-state index >= 15 is 0 Å². The molecule has 160 valence electrons.